The molecule has 0 unspecified atom stereocenters. The van der Waals surface area contributed by atoms with Gasteiger partial charge in [-0.3, -0.25) is 4.79 Å². The van der Waals surface area contributed by atoms with Gasteiger partial charge < -0.3 is 9.84 Å². The van der Waals surface area contributed by atoms with Crippen LogP contribution < -0.4 is 0 Å². The molecule has 3 heteroatoms. The Balaban J connectivity index is 2.30. The summed E-state index contributed by atoms with van der Waals surface area (Å²) in [5.41, 5.74) is 0. The van der Waals surface area contributed by atoms with E-state index in [1.807, 2.05) is 19.3 Å². The van der Waals surface area contributed by atoms with Gasteiger partial charge in [0, 0.05) is 18.8 Å². The minimum atomic E-state index is -0.565. The van der Waals surface area contributed by atoms with E-state index in [-0.39, 0.29) is 5.97 Å². The van der Waals surface area contributed by atoms with E-state index in [2.05, 4.69) is 18.8 Å². The van der Waals surface area contributed by atoms with E-state index < -0.39 is 6.10 Å². The van der Waals surface area contributed by atoms with Crippen LogP contribution >= 0.6 is 0 Å². The highest BCUT2D eigenvalue weighted by atomic mass is 16.5. The molecule has 22 heavy (non-hydrogen) atoms. The molecule has 0 aromatic carbocycles. The summed E-state index contributed by atoms with van der Waals surface area (Å²) in [6.07, 6.45) is 11.2. The number of aliphatic hydroxyl groups is 1. The minimum absolute atomic E-state index is 0.201. The molecule has 0 saturated heterocycles. The smallest absolute Gasteiger partial charge is 0.305 e. The van der Waals surface area contributed by atoms with Crippen LogP contribution in [-0.4, -0.2) is 23.8 Å². The fraction of sp³-hybridized carbons (Fsp3) is 0.579. The highest BCUT2D eigenvalue weighted by molar-refractivity contribution is 5.69. The molecule has 0 aromatic heterocycles. The molecule has 1 N–H and O–H groups in total. The van der Waals surface area contributed by atoms with Crippen molar-refractivity contribution in [2.24, 2.45) is 0 Å². The number of carbonyl (C=O) groups is 1. The number of aliphatic hydroxyl groups excluding tert-OH is 1. The van der Waals surface area contributed by atoms with Gasteiger partial charge >= 0.3 is 5.97 Å². The van der Waals surface area contributed by atoms with Crippen LogP contribution in [0.25, 0.3) is 0 Å². The second kappa shape index (κ2) is 11.5. The SMILES string of the molecule is CCCCCC#C[C]1[CH][CH][CH][C]1[C@@H](O)CCCC(=O)OCC. The van der Waals surface area contributed by atoms with Gasteiger partial charge in [-0.2, -0.15) is 0 Å². The molecule has 1 aliphatic carbocycles. The van der Waals surface area contributed by atoms with Crippen molar-refractivity contribution in [2.75, 3.05) is 6.61 Å². The Morgan fingerprint density at radius 3 is 2.82 bits per heavy atom. The molecule has 0 heterocycles. The lowest BCUT2D eigenvalue weighted by atomic mass is 9.88. The summed E-state index contributed by atoms with van der Waals surface area (Å²) >= 11 is 0. The summed E-state index contributed by atoms with van der Waals surface area (Å²) in [5.74, 6) is 7.89. The van der Waals surface area contributed by atoms with Gasteiger partial charge in [0.2, 0.25) is 0 Å². The van der Waals surface area contributed by atoms with Gasteiger partial charge in [0.05, 0.1) is 18.6 Å². The zero-order valence-electron chi connectivity index (χ0n) is 13.7. The Morgan fingerprint density at radius 1 is 1.27 bits per heavy atom. The predicted octanol–water partition coefficient (Wildman–Crippen LogP) is 3.44. The van der Waals surface area contributed by atoms with Gasteiger partial charge in [-0.25, -0.2) is 0 Å². The van der Waals surface area contributed by atoms with Crippen LogP contribution in [0.1, 0.15) is 58.8 Å². The van der Waals surface area contributed by atoms with Crippen LogP contribution in [0.15, 0.2) is 0 Å². The molecule has 1 rings (SSSR count). The Morgan fingerprint density at radius 2 is 2.09 bits per heavy atom. The van der Waals surface area contributed by atoms with Crippen LogP contribution in [0.3, 0.4) is 0 Å². The summed E-state index contributed by atoms with van der Waals surface area (Å²) in [6.45, 7) is 4.37. The van der Waals surface area contributed by atoms with Crippen molar-refractivity contribution in [1.29, 1.82) is 0 Å². The average molecular weight is 303 g/mol. The highest BCUT2D eigenvalue weighted by Gasteiger charge is 2.33. The van der Waals surface area contributed by atoms with E-state index >= 15 is 0 Å². The molecule has 1 atom stereocenters. The first-order valence-corrected chi connectivity index (χ1v) is 8.27. The van der Waals surface area contributed by atoms with Gasteiger partial charge in [-0.05, 0) is 45.4 Å². The van der Waals surface area contributed by atoms with Crippen LogP contribution in [0.2, 0.25) is 0 Å². The fourth-order valence-corrected chi connectivity index (χ4v) is 2.29. The quantitative estimate of drug-likeness (QED) is 0.403. The molecule has 1 saturated carbocycles. The number of ether oxygens (including phenoxy) is 1. The predicted molar refractivity (Wildman–Crippen MR) is 87.8 cm³/mol. The first kappa shape index (κ1) is 19.0. The van der Waals surface area contributed by atoms with Crippen LogP contribution in [0.5, 0.6) is 0 Å². The molecule has 3 nitrogen and oxygen atoms in total. The van der Waals surface area contributed by atoms with E-state index in [4.69, 9.17) is 4.74 Å². The van der Waals surface area contributed by atoms with Crippen molar-refractivity contribution < 1.29 is 14.6 Å². The molecular formula is C19H27O3. The lowest BCUT2D eigenvalue weighted by Crippen LogP contribution is -2.21. The average Bonchev–Trinajstić information content (AvgIpc) is 2.96. The van der Waals surface area contributed by atoms with Gasteiger partial charge in [0.25, 0.3) is 0 Å². The minimum Gasteiger partial charge on any atom is -0.466 e. The van der Waals surface area contributed by atoms with E-state index in [0.717, 1.165) is 24.7 Å². The fourth-order valence-electron chi connectivity index (χ4n) is 2.29. The van der Waals surface area contributed by atoms with Crippen LogP contribution in [0, 0.1) is 42.9 Å². The van der Waals surface area contributed by atoms with Crippen molar-refractivity contribution in [1.82, 2.24) is 0 Å². The second-order valence-electron chi connectivity index (χ2n) is 5.37. The first-order chi connectivity index (χ1) is 10.7. The van der Waals surface area contributed by atoms with Gasteiger partial charge in [-0.1, -0.05) is 25.7 Å². The van der Waals surface area contributed by atoms with Crippen molar-refractivity contribution in [3.8, 4) is 11.8 Å². The Bertz CT molecular complexity index is 367. The lowest BCUT2D eigenvalue weighted by Gasteiger charge is -2.19. The molecule has 0 bridgehead atoms. The maximum Gasteiger partial charge on any atom is 0.305 e. The molecule has 1 fully saturated rings. The van der Waals surface area contributed by atoms with Crippen molar-refractivity contribution in [3.05, 3.63) is 31.1 Å². The summed E-state index contributed by atoms with van der Waals surface area (Å²) in [4.78, 5) is 11.3. The Hall–Kier alpha value is -1.01. The van der Waals surface area contributed by atoms with Gasteiger partial charge in [0.1, 0.15) is 0 Å². The molecular weight excluding hydrogens is 276 g/mol. The Labute approximate surface area is 135 Å². The van der Waals surface area contributed by atoms with Crippen molar-refractivity contribution in [2.45, 2.75) is 64.9 Å². The maximum atomic E-state index is 11.3. The summed E-state index contributed by atoms with van der Waals surface area (Å²) in [5, 5.41) is 10.3. The molecule has 1 aliphatic rings. The molecule has 0 aliphatic heterocycles. The molecule has 0 amide bonds. The Kier molecular flexibility index (Phi) is 9.99. The third kappa shape index (κ3) is 7.31. The topological polar surface area (TPSA) is 46.5 Å². The van der Waals surface area contributed by atoms with Crippen molar-refractivity contribution >= 4 is 5.97 Å². The van der Waals surface area contributed by atoms with Crippen LogP contribution in [-0.2, 0) is 9.53 Å². The zero-order chi connectivity index (χ0) is 16.2. The lowest BCUT2D eigenvalue weighted by molar-refractivity contribution is -0.143. The number of esters is 1. The standard InChI is InChI=1S/C19H27O3/c1-3-5-6-7-8-11-16-12-9-13-17(16)18(20)14-10-15-19(21)22-4-2/h9,12-13,18,20H,3-7,10,14-15H2,1-2H3/t18-/m0/s1. The van der Waals surface area contributed by atoms with E-state index in [9.17, 15) is 9.90 Å². The largest absolute Gasteiger partial charge is 0.466 e. The van der Waals surface area contributed by atoms with Crippen molar-refractivity contribution in [3.63, 3.8) is 0 Å². The van der Waals surface area contributed by atoms with Gasteiger partial charge in [0.15, 0.2) is 0 Å². The summed E-state index contributed by atoms with van der Waals surface area (Å²) in [6, 6.07) is 0. The number of unbranched alkanes of at least 4 members (excludes halogenated alkanes) is 3. The number of rotatable bonds is 9. The molecule has 0 spiro atoms. The number of hydrogen-bond acceptors (Lipinski definition) is 3. The molecule has 0 aromatic rings. The maximum absolute atomic E-state index is 11.3. The highest BCUT2D eigenvalue weighted by Crippen LogP contribution is 2.36. The second-order valence-corrected chi connectivity index (χ2v) is 5.37. The number of carbonyl (C=O) groups excluding carboxylic acids is 1. The first-order valence-electron chi connectivity index (χ1n) is 8.27. The van der Waals surface area contributed by atoms with E-state index in [1.54, 1.807) is 6.92 Å². The molecule has 121 valence electrons. The molecule has 5 radical (unpaired) electrons. The normalized spacial score (nSPS) is 17.0. The van der Waals surface area contributed by atoms with E-state index in [1.165, 1.54) is 12.8 Å². The summed E-state index contributed by atoms with van der Waals surface area (Å²) in [7, 11) is 0. The zero-order valence-corrected chi connectivity index (χ0v) is 13.7. The third-order valence-corrected chi connectivity index (χ3v) is 3.50. The number of hydrogen-bond donors (Lipinski definition) is 1. The monoisotopic (exact) mass is 303 g/mol. The van der Waals surface area contributed by atoms with Gasteiger partial charge in [-0.15, -0.1) is 5.92 Å². The summed E-state index contributed by atoms with van der Waals surface area (Å²) < 4.78 is 4.88. The third-order valence-electron chi connectivity index (χ3n) is 3.50. The van der Waals surface area contributed by atoms with E-state index in [0.29, 0.717) is 25.9 Å². The van der Waals surface area contributed by atoms with Crippen LogP contribution in [0.4, 0.5) is 0 Å².